The molecule has 0 radical (unpaired) electrons. The molecule has 74 valence electrons. The highest BCUT2D eigenvalue weighted by atomic mass is 19.1. The van der Waals surface area contributed by atoms with Gasteiger partial charge in [-0.3, -0.25) is 5.10 Å². The number of nitrogens with zero attached hydrogens (tertiary/aromatic N) is 2. The Morgan fingerprint density at radius 1 is 1.64 bits per heavy atom. The van der Waals surface area contributed by atoms with Crippen LogP contribution in [-0.2, 0) is 6.54 Å². The molecular formula is C8H9FN4O. The highest BCUT2D eigenvalue weighted by Gasteiger charge is 2.16. The Bertz CT molecular complexity index is 448. The van der Waals surface area contributed by atoms with Crippen molar-refractivity contribution >= 4 is 0 Å². The molecule has 0 atom stereocenters. The maximum absolute atomic E-state index is 13.3. The quantitative estimate of drug-likeness (QED) is 0.749. The van der Waals surface area contributed by atoms with E-state index in [4.69, 9.17) is 10.2 Å². The van der Waals surface area contributed by atoms with Crippen molar-refractivity contribution in [3.05, 3.63) is 23.5 Å². The number of aromatic amines is 1. The summed E-state index contributed by atoms with van der Waals surface area (Å²) in [6.45, 7) is 1.84. The Morgan fingerprint density at radius 3 is 2.93 bits per heavy atom. The minimum absolute atomic E-state index is 0.0854. The maximum atomic E-state index is 13.3. The van der Waals surface area contributed by atoms with E-state index in [1.807, 2.05) is 0 Å². The Morgan fingerprint density at radius 2 is 2.43 bits per heavy atom. The van der Waals surface area contributed by atoms with Gasteiger partial charge in [-0.1, -0.05) is 0 Å². The van der Waals surface area contributed by atoms with E-state index in [0.717, 1.165) is 0 Å². The Balaban J connectivity index is 2.44. The second-order valence-corrected chi connectivity index (χ2v) is 2.86. The number of oxazole rings is 1. The van der Waals surface area contributed by atoms with Gasteiger partial charge in [0.25, 0.3) is 0 Å². The Kier molecular flexibility index (Phi) is 2.05. The lowest BCUT2D eigenvalue weighted by Gasteiger charge is -1.87. The van der Waals surface area contributed by atoms with Crippen molar-refractivity contribution in [2.75, 3.05) is 0 Å². The van der Waals surface area contributed by atoms with Crippen molar-refractivity contribution in [2.24, 2.45) is 5.73 Å². The number of rotatable bonds is 2. The molecule has 0 amide bonds. The van der Waals surface area contributed by atoms with Crippen LogP contribution in [0.4, 0.5) is 4.39 Å². The van der Waals surface area contributed by atoms with E-state index in [0.29, 0.717) is 11.4 Å². The molecule has 0 bridgehead atoms. The van der Waals surface area contributed by atoms with E-state index in [2.05, 4.69) is 15.2 Å². The highest BCUT2D eigenvalue weighted by molar-refractivity contribution is 5.48. The minimum Gasteiger partial charge on any atom is -0.443 e. The summed E-state index contributed by atoms with van der Waals surface area (Å²) >= 11 is 0. The number of aryl methyl sites for hydroxylation is 1. The van der Waals surface area contributed by atoms with Crippen LogP contribution in [0.1, 0.15) is 11.4 Å². The van der Waals surface area contributed by atoms with Crippen molar-refractivity contribution < 1.29 is 8.81 Å². The SMILES string of the molecule is Cc1[nH]nc(-c2nc(CN)co2)c1F. The largest absolute Gasteiger partial charge is 0.443 e. The van der Waals surface area contributed by atoms with E-state index < -0.39 is 5.82 Å². The van der Waals surface area contributed by atoms with Crippen molar-refractivity contribution in [3.63, 3.8) is 0 Å². The van der Waals surface area contributed by atoms with E-state index in [9.17, 15) is 4.39 Å². The molecule has 2 aromatic rings. The molecule has 6 heteroatoms. The first-order valence-electron chi connectivity index (χ1n) is 4.07. The lowest BCUT2D eigenvalue weighted by atomic mass is 10.3. The predicted molar refractivity (Wildman–Crippen MR) is 46.7 cm³/mol. The molecule has 0 aliphatic rings. The van der Waals surface area contributed by atoms with Gasteiger partial charge in [0.2, 0.25) is 5.89 Å². The zero-order chi connectivity index (χ0) is 10.1. The molecule has 0 saturated heterocycles. The van der Waals surface area contributed by atoms with Gasteiger partial charge in [0.1, 0.15) is 6.26 Å². The first-order valence-corrected chi connectivity index (χ1v) is 4.07. The van der Waals surface area contributed by atoms with Gasteiger partial charge in [-0.15, -0.1) is 0 Å². The molecule has 0 aromatic carbocycles. The van der Waals surface area contributed by atoms with Gasteiger partial charge < -0.3 is 10.2 Å². The van der Waals surface area contributed by atoms with Crippen LogP contribution in [0.3, 0.4) is 0 Å². The fraction of sp³-hybridized carbons (Fsp3) is 0.250. The molecular weight excluding hydrogens is 187 g/mol. The van der Waals surface area contributed by atoms with Crippen LogP contribution in [0.15, 0.2) is 10.7 Å². The minimum atomic E-state index is -0.449. The molecule has 14 heavy (non-hydrogen) atoms. The van der Waals surface area contributed by atoms with E-state index >= 15 is 0 Å². The maximum Gasteiger partial charge on any atom is 0.250 e. The van der Waals surface area contributed by atoms with Gasteiger partial charge >= 0.3 is 0 Å². The fourth-order valence-electron chi connectivity index (χ4n) is 1.07. The Hall–Kier alpha value is -1.69. The average Bonchev–Trinajstić information content (AvgIpc) is 2.75. The van der Waals surface area contributed by atoms with Crippen LogP contribution in [0, 0.1) is 12.7 Å². The van der Waals surface area contributed by atoms with Crippen LogP contribution >= 0.6 is 0 Å². The summed E-state index contributed by atoms with van der Waals surface area (Å²) in [5.41, 5.74) is 6.35. The summed E-state index contributed by atoms with van der Waals surface area (Å²) in [4.78, 5) is 3.96. The van der Waals surface area contributed by atoms with Gasteiger partial charge in [0.15, 0.2) is 11.5 Å². The van der Waals surface area contributed by atoms with Crippen molar-refractivity contribution in [1.82, 2.24) is 15.2 Å². The number of halogens is 1. The zero-order valence-corrected chi connectivity index (χ0v) is 7.54. The molecule has 5 nitrogen and oxygen atoms in total. The van der Waals surface area contributed by atoms with Crippen LogP contribution in [0.2, 0.25) is 0 Å². The monoisotopic (exact) mass is 196 g/mol. The van der Waals surface area contributed by atoms with Crippen molar-refractivity contribution in [3.8, 4) is 11.6 Å². The standard InChI is InChI=1S/C8H9FN4O/c1-4-6(9)7(13-12-4)8-11-5(2-10)3-14-8/h3H,2,10H2,1H3,(H,12,13). The number of hydrogen-bond acceptors (Lipinski definition) is 4. The van der Waals surface area contributed by atoms with Crippen LogP contribution < -0.4 is 5.73 Å². The summed E-state index contributed by atoms with van der Waals surface area (Å²) in [7, 11) is 0. The van der Waals surface area contributed by atoms with E-state index in [-0.39, 0.29) is 18.1 Å². The fourth-order valence-corrected chi connectivity index (χ4v) is 1.07. The van der Waals surface area contributed by atoms with Crippen LogP contribution in [0.5, 0.6) is 0 Å². The number of nitrogens with two attached hydrogens (primary N) is 1. The first kappa shape index (κ1) is 8.89. The first-order chi connectivity index (χ1) is 6.72. The summed E-state index contributed by atoms with van der Waals surface area (Å²) in [6, 6.07) is 0. The van der Waals surface area contributed by atoms with Crippen LogP contribution in [-0.4, -0.2) is 15.2 Å². The molecule has 0 saturated carbocycles. The summed E-state index contributed by atoms with van der Waals surface area (Å²) in [6.07, 6.45) is 1.39. The van der Waals surface area contributed by atoms with Gasteiger partial charge in [-0.25, -0.2) is 9.37 Å². The second kappa shape index (κ2) is 3.22. The van der Waals surface area contributed by atoms with E-state index in [1.54, 1.807) is 6.92 Å². The number of hydrogen-bond donors (Lipinski definition) is 2. The number of nitrogens with one attached hydrogen (secondary N) is 1. The molecule has 0 aliphatic heterocycles. The third-order valence-corrected chi connectivity index (χ3v) is 1.84. The van der Waals surface area contributed by atoms with E-state index in [1.165, 1.54) is 6.26 Å². The summed E-state index contributed by atoms with van der Waals surface area (Å²) in [5, 5.41) is 6.24. The average molecular weight is 196 g/mol. The topological polar surface area (TPSA) is 80.7 Å². The molecule has 0 spiro atoms. The molecule has 2 aromatic heterocycles. The lowest BCUT2D eigenvalue weighted by molar-refractivity contribution is 0.558. The van der Waals surface area contributed by atoms with Gasteiger partial charge in [0.05, 0.1) is 11.4 Å². The zero-order valence-electron chi connectivity index (χ0n) is 7.54. The smallest absolute Gasteiger partial charge is 0.250 e. The Labute approximate surface area is 79.1 Å². The van der Waals surface area contributed by atoms with Gasteiger partial charge in [0, 0.05) is 6.54 Å². The second-order valence-electron chi connectivity index (χ2n) is 2.86. The molecule has 2 heterocycles. The molecule has 3 N–H and O–H groups in total. The lowest BCUT2D eigenvalue weighted by Crippen LogP contribution is -1.95. The van der Waals surface area contributed by atoms with Crippen molar-refractivity contribution in [2.45, 2.75) is 13.5 Å². The molecule has 2 rings (SSSR count). The normalized spacial score (nSPS) is 10.8. The van der Waals surface area contributed by atoms with Gasteiger partial charge in [-0.05, 0) is 6.92 Å². The molecule has 0 aliphatic carbocycles. The predicted octanol–water partition coefficient (Wildman–Crippen LogP) is 0.971. The summed E-state index contributed by atoms with van der Waals surface area (Å²) < 4.78 is 18.4. The number of aromatic nitrogens is 3. The molecule has 0 fully saturated rings. The van der Waals surface area contributed by atoms with Gasteiger partial charge in [-0.2, -0.15) is 5.10 Å². The number of H-pyrrole nitrogens is 1. The highest BCUT2D eigenvalue weighted by Crippen LogP contribution is 2.20. The van der Waals surface area contributed by atoms with Crippen molar-refractivity contribution in [1.29, 1.82) is 0 Å². The third-order valence-electron chi connectivity index (χ3n) is 1.84. The summed E-state index contributed by atoms with van der Waals surface area (Å²) in [5.74, 6) is -0.303. The third kappa shape index (κ3) is 1.29. The molecule has 0 unspecified atom stereocenters. The van der Waals surface area contributed by atoms with Crippen LogP contribution in [0.25, 0.3) is 11.6 Å².